The molecule has 5 heteroatoms. The number of hydrogen-bond donors (Lipinski definition) is 2. The molecule has 1 fully saturated rings. The molecule has 1 aliphatic rings. The summed E-state index contributed by atoms with van der Waals surface area (Å²) in [6, 6.07) is 18.0. The van der Waals surface area contributed by atoms with Crippen LogP contribution in [0.1, 0.15) is 41.8 Å². The molecule has 0 saturated carbocycles. The molecule has 27 heavy (non-hydrogen) atoms. The van der Waals surface area contributed by atoms with Crippen molar-refractivity contribution in [2.24, 2.45) is 5.92 Å². The van der Waals surface area contributed by atoms with Gasteiger partial charge in [0.25, 0.3) is 5.91 Å². The lowest BCUT2D eigenvalue weighted by atomic mass is 9.87. The van der Waals surface area contributed by atoms with Crippen LogP contribution < -0.4 is 5.32 Å². The lowest BCUT2D eigenvalue weighted by Crippen LogP contribution is -2.49. The molecule has 1 heterocycles. The number of hydrogen-bond acceptors (Lipinski definition) is 3. The van der Waals surface area contributed by atoms with E-state index >= 15 is 0 Å². The second-order valence-electron chi connectivity index (χ2n) is 7.08. The molecule has 5 nitrogen and oxygen atoms in total. The zero-order chi connectivity index (χ0) is 19.2. The molecule has 2 unspecified atom stereocenters. The number of piperidine rings is 1. The molecule has 2 aromatic rings. The van der Waals surface area contributed by atoms with E-state index in [4.69, 9.17) is 0 Å². The zero-order valence-electron chi connectivity index (χ0n) is 15.5. The number of aliphatic hydroxyl groups excluding tert-OH is 1. The maximum atomic E-state index is 12.7. The Labute approximate surface area is 160 Å². The molecule has 0 bridgehead atoms. The maximum absolute atomic E-state index is 12.7. The summed E-state index contributed by atoms with van der Waals surface area (Å²) in [6.45, 7) is 2.91. The van der Waals surface area contributed by atoms with E-state index in [0.29, 0.717) is 18.7 Å². The molecule has 0 aliphatic carbocycles. The van der Waals surface area contributed by atoms with Crippen LogP contribution in [0.2, 0.25) is 0 Å². The molecule has 2 atom stereocenters. The summed E-state index contributed by atoms with van der Waals surface area (Å²) in [4.78, 5) is 26.7. The highest BCUT2D eigenvalue weighted by atomic mass is 16.3. The van der Waals surface area contributed by atoms with Gasteiger partial charge in [0, 0.05) is 18.7 Å². The van der Waals surface area contributed by atoms with E-state index in [0.717, 1.165) is 18.4 Å². The van der Waals surface area contributed by atoms with Crippen LogP contribution in [0, 0.1) is 5.92 Å². The molecule has 2 amide bonds. The van der Waals surface area contributed by atoms with Crippen LogP contribution in [0.15, 0.2) is 60.7 Å². The smallest absolute Gasteiger partial charge is 0.251 e. The minimum atomic E-state index is -0.576. The Kier molecular flexibility index (Phi) is 6.24. The standard InChI is InChI=1S/C22H26N2O3/c1-16(23-21(26)19-10-6-3-7-11-19)22(27)24-14-12-18(13-15-24)20(25)17-8-4-2-5-9-17/h2-11,16,18,20,25H,12-15H2,1H3,(H,23,26). The Balaban J connectivity index is 1.51. The van der Waals surface area contributed by atoms with Gasteiger partial charge in [-0.25, -0.2) is 0 Å². The average molecular weight is 366 g/mol. The fourth-order valence-electron chi connectivity index (χ4n) is 3.56. The van der Waals surface area contributed by atoms with Crippen molar-refractivity contribution in [1.82, 2.24) is 10.2 Å². The van der Waals surface area contributed by atoms with Crippen molar-refractivity contribution in [2.75, 3.05) is 13.1 Å². The maximum Gasteiger partial charge on any atom is 0.251 e. The second kappa shape index (κ2) is 8.82. The van der Waals surface area contributed by atoms with Gasteiger partial charge in [-0.05, 0) is 43.4 Å². The summed E-state index contributed by atoms with van der Waals surface area (Å²) in [5.41, 5.74) is 1.47. The van der Waals surface area contributed by atoms with Gasteiger partial charge in [-0.2, -0.15) is 0 Å². The number of carbonyl (C=O) groups is 2. The van der Waals surface area contributed by atoms with E-state index in [1.807, 2.05) is 36.4 Å². The van der Waals surface area contributed by atoms with Gasteiger partial charge in [-0.15, -0.1) is 0 Å². The summed E-state index contributed by atoms with van der Waals surface area (Å²) < 4.78 is 0. The first-order valence-corrected chi connectivity index (χ1v) is 9.44. The molecule has 2 aromatic carbocycles. The molecular formula is C22H26N2O3. The highest BCUT2D eigenvalue weighted by Crippen LogP contribution is 2.30. The van der Waals surface area contributed by atoms with Crippen LogP contribution in [-0.4, -0.2) is 41.0 Å². The summed E-state index contributed by atoms with van der Waals surface area (Å²) in [5, 5.41) is 13.3. The third-order valence-corrected chi connectivity index (χ3v) is 5.19. The third kappa shape index (κ3) is 4.74. The van der Waals surface area contributed by atoms with Crippen molar-refractivity contribution in [1.29, 1.82) is 0 Å². The predicted molar refractivity (Wildman–Crippen MR) is 104 cm³/mol. The lowest BCUT2D eigenvalue weighted by Gasteiger charge is -2.35. The Morgan fingerprint density at radius 2 is 1.56 bits per heavy atom. The number of carbonyl (C=O) groups excluding carboxylic acids is 2. The van der Waals surface area contributed by atoms with Gasteiger partial charge in [0.15, 0.2) is 0 Å². The number of rotatable bonds is 5. The largest absolute Gasteiger partial charge is 0.388 e. The first-order chi connectivity index (χ1) is 13.1. The highest BCUT2D eigenvalue weighted by molar-refractivity contribution is 5.97. The zero-order valence-corrected chi connectivity index (χ0v) is 15.5. The van der Waals surface area contributed by atoms with Gasteiger partial charge in [-0.3, -0.25) is 9.59 Å². The minimum Gasteiger partial charge on any atom is -0.388 e. The number of nitrogens with zero attached hydrogens (tertiary/aromatic N) is 1. The summed E-state index contributed by atoms with van der Waals surface area (Å²) in [7, 11) is 0. The van der Waals surface area contributed by atoms with E-state index in [-0.39, 0.29) is 17.7 Å². The predicted octanol–water partition coefficient (Wildman–Crippen LogP) is 2.78. The SMILES string of the molecule is CC(NC(=O)c1ccccc1)C(=O)N1CCC(C(O)c2ccccc2)CC1. The molecule has 3 rings (SSSR count). The number of nitrogens with one attached hydrogen (secondary N) is 1. The van der Waals surface area contributed by atoms with Gasteiger partial charge in [-0.1, -0.05) is 48.5 Å². The lowest BCUT2D eigenvalue weighted by molar-refractivity contribution is -0.134. The number of likely N-dealkylation sites (tertiary alicyclic amines) is 1. The van der Waals surface area contributed by atoms with Crippen LogP contribution in [0.4, 0.5) is 0 Å². The van der Waals surface area contributed by atoms with Crippen LogP contribution in [-0.2, 0) is 4.79 Å². The molecule has 1 saturated heterocycles. The quantitative estimate of drug-likeness (QED) is 0.855. The second-order valence-corrected chi connectivity index (χ2v) is 7.08. The van der Waals surface area contributed by atoms with Crippen LogP contribution >= 0.6 is 0 Å². The first-order valence-electron chi connectivity index (χ1n) is 9.44. The fourth-order valence-corrected chi connectivity index (χ4v) is 3.56. The molecule has 1 aliphatic heterocycles. The molecule has 2 N–H and O–H groups in total. The Bertz CT molecular complexity index is 756. The van der Waals surface area contributed by atoms with E-state index in [2.05, 4.69) is 5.32 Å². The van der Waals surface area contributed by atoms with Crippen LogP contribution in [0.25, 0.3) is 0 Å². The number of aliphatic hydroxyl groups is 1. The topological polar surface area (TPSA) is 69.6 Å². The van der Waals surface area contributed by atoms with Gasteiger partial charge >= 0.3 is 0 Å². The molecule has 0 radical (unpaired) electrons. The number of amides is 2. The Hall–Kier alpha value is -2.66. The Morgan fingerprint density at radius 1 is 1.00 bits per heavy atom. The van der Waals surface area contributed by atoms with E-state index in [1.165, 1.54) is 0 Å². The van der Waals surface area contributed by atoms with Crippen molar-refractivity contribution in [3.8, 4) is 0 Å². The van der Waals surface area contributed by atoms with E-state index in [9.17, 15) is 14.7 Å². The third-order valence-electron chi connectivity index (χ3n) is 5.19. The highest BCUT2D eigenvalue weighted by Gasteiger charge is 2.30. The normalized spacial score (nSPS) is 17.2. The fraction of sp³-hybridized carbons (Fsp3) is 0.364. The molecule has 142 valence electrons. The van der Waals surface area contributed by atoms with Crippen molar-refractivity contribution >= 4 is 11.8 Å². The molecular weight excluding hydrogens is 340 g/mol. The summed E-state index contributed by atoms with van der Waals surface area (Å²) in [5.74, 6) is -0.177. The van der Waals surface area contributed by atoms with Crippen molar-refractivity contribution in [3.63, 3.8) is 0 Å². The van der Waals surface area contributed by atoms with E-state index in [1.54, 1.807) is 36.1 Å². The van der Waals surface area contributed by atoms with Gasteiger partial charge in [0.1, 0.15) is 6.04 Å². The van der Waals surface area contributed by atoms with Gasteiger partial charge < -0.3 is 15.3 Å². The van der Waals surface area contributed by atoms with Crippen molar-refractivity contribution in [3.05, 3.63) is 71.8 Å². The Morgan fingerprint density at radius 3 is 2.15 bits per heavy atom. The van der Waals surface area contributed by atoms with Crippen molar-refractivity contribution in [2.45, 2.75) is 31.9 Å². The van der Waals surface area contributed by atoms with Gasteiger partial charge in [0.05, 0.1) is 6.10 Å². The monoisotopic (exact) mass is 366 g/mol. The van der Waals surface area contributed by atoms with E-state index < -0.39 is 12.1 Å². The van der Waals surface area contributed by atoms with Crippen LogP contribution in [0.5, 0.6) is 0 Å². The average Bonchev–Trinajstić information content (AvgIpc) is 2.74. The number of benzene rings is 2. The first kappa shape index (κ1) is 19.1. The molecule has 0 spiro atoms. The summed E-state index contributed by atoms with van der Waals surface area (Å²) in [6.07, 6.45) is 1.00. The van der Waals surface area contributed by atoms with Crippen LogP contribution in [0.3, 0.4) is 0 Å². The van der Waals surface area contributed by atoms with Crippen molar-refractivity contribution < 1.29 is 14.7 Å². The molecule has 0 aromatic heterocycles. The summed E-state index contributed by atoms with van der Waals surface area (Å²) >= 11 is 0. The minimum absolute atomic E-state index is 0.0769. The van der Waals surface area contributed by atoms with Gasteiger partial charge in [0.2, 0.25) is 5.91 Å².